The maximum Gasteiger partial charge on any atom is 0.160 e. The molecule has 0 bridgehead atoms. The molecule has 0 radical (unpaired) electrons. The number of hydrogen-bond acceptors (Lipinski definition) is 1. The molecule has 0 spiro atoms. The fraction of sp³-hybridized carbons (Fsp3) is 0.214. The fourth-order valence-corrected chi connectivity index (χ4v) is 1.95. The average molecular weight is 198 g/mol. The van der Waals surface area contributed by atoms with Gasteiger partial charge in [0.05, 0.1) is 0 Å². The molecule has 76 valence electrons. The van der Waals surface area contributed by atoms with Crippen LogP contribution in [0.2, 0.25) is 0 Å². The molecule has 0 aromatic heterocycles. The van der Waals surface area contributed by atoms with Gasteiger partial charge in [0, 0.05) is 5.56 Å². The lowest BCUT2D eigenvalue weighted by Gasteiger charge is -2.09. The van der Waals surface area contributed by atoms with E-state index in [0.717, 1.165) is 10.9 Å². The van der Waals surface area contributed by atoms with E-state index in [0.29, 0.717) is 0 Å². The largest absolute Gasteiger partial charge is 0.294 e. The molecule has 0 N–H and O–H groups in total. The molecule has 15 heavy (non-hydrogen) atoms. The van der Waals surface area contributed by atoms with Crippen LogP contribution in [0.4, 0.5) is 0 Å². The van der Waals surface area contributed by atoms with Crippen molar-refractivity contribution in [2.75, 3.05) is 0 Å². The molecule has 0 fully saturated rings. The minimum atomic E-state index is 0.134. The zero-order valence-corrected chi connectivity index (χ0v) is 9.29. The maximum atomic E-state index is 11.5. The van der Waals surface area contributed by atoms with E-state index in [1.165, 1.54) is 16.5 Å². The van der Waals surface area contributed by atoms with E-state index in [9.17, 15) is 4.79 Å². The van der Waals surface area contributed by atoms with Gasteiger partial charge in [-0.2, -0.15) is 0 Å². The Bertz CT molecular complexity index is 538. The molecule has 0 unspecified atom stereocenters. The second-order valence-electron chi connectivity index (χ2n) is 3.97. The average Bonchev–Trinajstić information content (AvgIpc) is 2.23. The Morgan fingerprint density at radius 1 is 1.07 bits per heavy atom. The number of carbonyl (C=O) groups is 1. The van der Waals surface area contributed by atoms with Crippen LogP contribution in [0.3, 0.4) is 0 Å². The highest BCUT2D eigenvalue weighted by atomic mass is 16.1. The third-order valence-corrected chi connectivity index (χ3v) is 2.95. The van der Waals surface area contributed by atoms with Crippen molar-refractivity contribution in [2.45, 2.75) is 20.8 Å². The van der Waals surface area contributed by atoms with Crippen LogP contribution in [0.1, 0.15) is 28.4 Å². The molecular weight excluding hydrogens is 184 g/mol. The molecule has 0 heterocycles. The van der Waals surface area contributed by atoms with Crippen molar-refractivity contribution >= 4 is 16.6 Å². The van der Waals surface area contributed by atoms with Crippen molar-refractivity contribution < 1.29 is 4.79 Å². The fourth-order valence-electron chi connectivity index (χ4n) is 1.95. The number of aryl methyl sites for hydroxylation is 2. The summed E-state index contributed by atoms with van der Waals surface area (Å²) < 4.78 is 0. The van der Waals surface area contributed by atoms with E-state index in [2.05, 4.69) is 13.0 Å². The number of hydrogen-bond donors (Lipinski definition) is 0. The highest BCUT2D eigenvalue weighted by molar-refractivity contribution is 6.08. The summed E-state index contributed by atoms with van der Waals surface area (Å²) in [6, 6.07) is 10.1. The summed E-state index contributed by atoms with van der Waals surface area (Å²) in [7, 11) is 0. The first-order valence-corrected chi connectivity index (χ1v) is 5.11. The van der Waals surface area contributed by atoms with Crippen molar-refractivity contribution in [3.63, 3.8) is 0 Å². The normalized spacial score (nSPS) is 10.6. The van der Waals surface area contributed by atoms with Crippen molar-refractivity contribution in [3.8, 4) is 0 Å². The molecular formula is C14H14O. The second kappa shape index (κ2) is 3.50. The molecule has 0 aliphatic carbocycles. The van der Waals surface area contributed by atoms with E-state index in [4.69, 9.17) is 0 Å². The van der Waals surface area contributed by atoms with Gasteiger partial charge >= 0.3 is 0 Å². The smallest absolute Gasteiger partial charge is 0.160 e. The van der Waals surface area contributed by atoms with Crippen LogP contribution in [0.5, 0.6) is 0 Å². The van der Waals surface area contributed by atoms with Crippen LogP contribution in [0, 0.1) is 13.8 Å². The van der Waals surface area contributed by atoms with Crippen LogP contribution in [0.15, 0.2) is 30.3 Å². The second-order valence-corrected chi connectivity index (χ2v) is 3.97. The molecule has 0 saturated heterocycles. The van der Waals surface area contributed by atoms with Crippen molar-refractivity contribution in [1.82, 2.24) is 0 Å². The lowest BCUT2D eigenvalue weighted by Crippen LogP contribution is -1.96. The Hall–Kier alpha value is -1.63. The van der Waals surface area contributed by atoms with Gasteiger partial charge in [-0.1, -0.05) is 24.3 Å². The Kier molecular flexibility index (Phi) is 2.31. The van der Waals surface area contributed by atoms with Gasteiger partial charge < -0.3 is 0 Å². The van der Waals surface area contributed by atoms with Gasteiger partial charge in [-0.25, -0.2) is 0 Å². The minimum Gasteiger partial charge on any atom is -0.294 e. The molecule has 0 amide bonds. The first-order valence-electron chi connectivity index (χ1n) is 5.11. The predicted octanol–water partition coefficient (Wildman–Crippen LogP) is 3.66. The third kappa shape index (κ3) is 1.54. The zero-order valence-electron chi connectivity index (χ0n) is 9.29. The summed E-state index contributed by atoms with van der Waals surface area (Å²) in [5, 5.41) is 2.25. The molecule has 2 aromatic carbocycles. The summed E-state index contributed by atoms with van der Waals surface area (Å²) in [6.07, 6.45) is 0. The summed E-state index contributed by atoms with van der Waals surface area (Å²) in [6.45, 7) is 5.77. The Balaban J connectivity index is 2.94. The minimum absolute atomic E-state index is 0.134. The Labute approximate surface area is 89.7 Å². The highest BCUT2D eigenvalue weighted by Gasteiger charge is 2.08. The van der Waals surface area contributed by atoms with Gasteiger partial charge in [0.15, 0.2) is 5.78 Å². The maximum absolute atomic E-state index is 11.5. The van der Waals surface area contributed by atoms with Crippen LogP contribution in [0.25, 0.3) is 10.8 Å². The van der Waals surface area contributed by atoms with Crippen molar-refractivity contribution in [3.05, 3.63) is 47.0 Å². The van der Waals surface area contributed by atoms with Crippen LogP contribution in [-0.4, -0.2) is 5.78 Å². The summed E-state index contributed by atoms with van der Waals surface area (Å²) >= 11 is 0. The van der Waals surface area contributed by atoms with Crippen LogP contribution < -0.4 is 0 Å². The first kappa shape index (κ1) is 9.91. The van der Waals surface area contributed by atoms with Gasteiger partial charge in [-0.3, -0.25) is 4.79 Å². The molecule has 0 saturated carbocycles. The Morgan fingerprint density at radius 3 is 2.27 bits per heavy atom. The Morgan fingerprint density at radius 2 is 1.67 bits per heavy atom. The van der Waals surface area contributed by atoms with E-state index in [1.54, 1.807) is 6.92 Å². The summed E-state index contributed by atoms with van der Waals surface area (Å²) in [5.41, 5.74) is 3.27. The van der Waals surface area contributed by atoms with Crippen molar-refractivity contribution in [1.29, 1.82) is 0 Å². The molecule has 0 atom stereocenters. The topological polar surface area (TPSA) is 17.1 Å². The van der Waals surface area contributed by atoms with Gasteiger partial charge in [0.25, 0.3) is 0 Å². The number of benzene rings is 2. The third-order valence-electron chi connectivity index (χ3n) is 2.95. The highest BCUT2D eigenvalue weighted by Crippen LogP contribution is 2.25. The summed E-state index contributed by atoms with van der Waals surface area (Å²) in [4.78, 5) is 11.5. The molecule has 0 aliphatic heterocycles. The quantitative estimate of drug-likeness (QED) is 0.639. The first-order chi connectivity index (χ1) is 7.11. The van der Waals surface area contributed by atoms with Gasteiger partial charge in [-0.05, 0) is 48.7 Å². The van der Waals surface area contributed by atoms with Crippen LogP contribution in [-0.2, 0) is 0 Å². The number of rotatable bonds is 1. The molecule has 1 heteroatoms. The SMILES string of the molecule is CC(=O)c1cc(C)c(C)c2ccccc12. The lowest BCUT2D eigenvalue weighted by molar-refractivity contribution is 0.101. The van der Waals surface area contributed by atoms with E-state index >= 15 is 0 Å². The number of ketones is 1. The lowest BCUT2D eigenvalue weighted by atomic mass is 9.94. The van der Waals surface area contributed by atoms with Crippen LogP contribution >= 0.6 is 0 Å². The monoisotopic (exact) mass is 198 g/mol. The van der Waals surface area contributed by atoms with E-state index in [1.807, 2.05) is 31.2 Å². The molecule has 2 rings (SSSR count). The number of Topliss-reactive ketones (excluding diaryl/α,β-unsaturated/α-hetero) is 1. The standard InChI is InChI=1S/C14H14O/c1-9-8-14(11(3)15)13-7-5-4-6-12(13)10(9)2/h4-8H,1-3H3. The van der Waals surface area contributed by atoms with E-state index < -0.39 is 0 Å². The van der Waals surface area contributed by atoms with E-state index in [-0.39, 0.29) is 5.78 Å². The molecule has 2 aromatic rings. The van der Waals surface area contributed by atoms with Gasteiger partial charge in [-0.15, -0.1) is 0 Å². The predicted molar refractivity (Wildman–Crippen MR) is 63.4 cm³/mol. The van der Waals surface area contributed by atoms with Gasteiger partial charge in [0.2, 0.25) is 0 Å². The van der Waals surface area contributed by atoms with Gasteiger partial charge in [0.1, 0.15) is 0 Å². The van der Waals surface area contributed by atoms with Crippen molar-refractivity contribution in [2.24, 2.45) is 0 Å². The summed E-state index contributed by atoms with van der Waals surface area (Å²) in [5.74, 6) is 0.134. The zero-order chi connectivity index (χ0) is 11.0. The molecule has 0 aliphatic rings. The molecule has 1 nitrogen and oxygen atoms in total. The number of fused-ring (bicyclic) bond motifs is 1. The number of carbonyl (C=O) groups excluding carboxylic acids is 1.